The first kappa shape index (κ1) is 20.7. The molecule has 1 aliphatic heterocycles. The summed E-state index contributed by atoms with van der Waals surface area (Å²) in [7, 11) is -0.997. The molecule has 2 aromatic rings. The van der Waals surface area contributed by atoms with Gasteiger partial charge in [0.15, 0.2) is 0 Å². The molecule has 0 saturated carbocycles. The normalized spacial score (nSPS) is 14.0. The quantitative estimate of drug-likeness (QED) is 0.670. The first-order valence-corrected chi connectivity index (χ1v) is 10.8. The van der Waals surface area contributed by atoms with Crippen LogP contribution in [0.3, 0.4) is 0 Å². The second kappa shape index (κ2) is 8.12. The standard InChI is InChI=1S/C20H22N2O6S/c1-27-18-8-6-15(7-9-18)22(29(3,25)26)17-12-14(20(24)28-2)11-16(13-17)21-10-4-5-19(21)23/h6-9,11-13H,4-5,10H2,1-3H3. The van der Waals surface area contributed by atoms with Crippen molar-refractivity contribution >= 4 is 39.0 Å². The van der Waals surface area contributed by atoms with Gasteiger partial charge in [0.1, 0.15) is 5.75 Å². The lowest BCUT2D eigenvalue weighted by Gasteiger charge is -2.25. The fourth-order valence-electron chi connectivity index (χ4n) is 3.27. The van der Waals surface area contributed by atoms with E-state index in [9.17, 15) is 18.0 Å². The van der Waals surface area contributed by atoms with E-state index in [0.29, 0.717) is 36.5 Å². The van der Waals surface area contributed by atoms with Crippen LogP contribution in [0.15, 0.2) is 42.5 Å². The molecule has 2 aromatic carbocycles. The van der Waals surface area contributed by atoms with Gasteiger partial charge in [-0.2, -0.15) is 0 Å². The summed E-state index contributed by atoms with van der Waals surface area (Å²) in [4.78, 5) is 26.0. The highest BCUT2D eigenvalue weighted by atomic mass is 32.2. The van der Waals surface area contributed by atoms with E-state index in [1.807, 2.05) is 0 Å². The third-order valence-electron chi connectivity index (χ3n) is 4.58. The summed E-state index contributed by atoms with van der Waals surface area (Å²) in [5.74, 6) is -0.120. The summed E-state index contributed by atoms with van der Waals surface area (Å²) in [5, 5.41) is 0. The molecule has 9 heteroatoms. The van der Waals surface area contributed by atoms with Gasteiger partial charge in [-0.05, 0) is 48.9 Å². The molecule has 29 heavy (non-hydrogen) atoms. The number of anilines is 3. The molecule has 0 spiro atoms. The van der Waals surface area contributed by atoms with Crippen LogP contribution >= 0.6 is 0 Å². The van der Waals surface area contributed by atoms with Gasteiger partial charge in [0.25, 0.3) is 0 Å². The number of benzene rings is 2. The Bertz CT molecular complexity index is 1030. The zero-order chi connectivity index (χ0) is 21.2. The van der Waals surface area contributed by atoms with Crippen LogP contribution in [-0.4, -0.2) is 47.3 Å². The van der Waals surface area contributed by atoms with E-state index < -0.39 is 16.0 Å². The molecular formula is C20H22N2O6S. The average Bonchev–Trinajstić information content (AvgIpc) is 3.12. The van der Waals surface area contributed by atoms with E-state index >= 15 is 0 Å². The Morgan fingerprint density at radius 3 is 2.28 bits per heavy atom. The Morgan fingerprint density at radius 2 is 1.76 bits per heavy atom. The number of amides is 1. The molecule has 154 valence electrons. The zero-order valence-corrected chi connectivity index (χ0v) is 17.2. The Hall–Kier alpha value is -3.07. The number of hydrogen-bond acceptors (Lipinski definition) is 6. The summed E-state index contributed by atoms with van der Waals surface area (Å²) >= 11 is 0. The van der Waals surface area contributed by atoms with Gasteiger partial charge in [-0.15, -0.1) is 0 Å². The van der Waals surface area contributed by atoms with Crippen molar-refractivity contribution in [3.63, 3.8) is 0 Å². The van der Waals surface area contributed by atoms with Crippen LogP contribution in [0, 0.1) is 0 Å². The molecular weight excluding hydrogens is 396 g/mol. The molecule has 1 fully saturated rings. The maximum atomic E-state index is 12.6. The van der Waals surface area contributed by atoms with E-state index in [2.05, 4.69) is 0 Å². The van der Waals surface area contributed by atoms with Gasteiger partial charge >= 0.3 is 5.97 Å². The van der Waals surface area contributed by atoms with Gasteiger partial charge in [0, 0.05) is 18.7 Å². The second-order valence-electron chi connectivity index (χ2n) is 6.60. The fourth-order valence-corrected chi connectivity index (χ4v) is 4.27. The number of rotatable bonds is 6. The van der Waals surface area contributed by atoms with Crippen LogP contribution in [0.2, 0.25) is 0 Å². The molecule has 0 aliphatic carbocycles. The Kier molecular flexibility index (Phi) is 5.78. The molecule has 0 N–H and O–H groups in total. The third kappa shape index (κ3) is 4.34. The van der Waals surface area contributed by atoms with E-state index in [0.717, 1.165) is 10.6 Å². The number of methoxy groups -OCH3 is 2. The predicted octanol–water partition coefficient (Wildman–Crippen LogP) is 2.71. The van der Waals surface area contributed by atoms with Crippen molar-refractivity contribution < 1.29 is 27.5 Å². The zero-order valence-electron chi connectivity index (χ0n) is 16.4. The van der Waals surface area contributed by atoms with Crippen LogP contribution in [0.25, 0.3) is 0 Å². The lowest BCUT2D eigenvalue weighted by atomic mass is 10.1. The molecule has 0 radical (unpaired) electrons. The van der Waals surface area contributed by atoms with Gasteiger partial charge in [0.2, 0.25) is 15.9 Å². The maximum absolute atomic E-state index is 12.6. The summed E-state index contributed by atoms with van der Waals surface area (Å²) in [5.41, 5.74) is 1.21. The van der Waals surface area contributed by atoms with Crippen molar-refractivity contribution in [3.05, 3.63) is 48.0 Å². The highest BCUT2D eigenvalue weighted by Gasteiger charge is 2.27. The lowest BCUT2D eigenvalue weighted by molar-refractivity contribution is -0.117. The minimum atomic E-state index is -3.76. The minimum Gasteiger partial charge on any atom is -0.497 e. The van der Waals surface area contributed by atoms with Crippen LogP contribution in [0.1, 0.15) is 23.2 Å². The van der Waals surface area contributed by atoms with Crippen molar-refractivity contribution in [3.8, 4) is 5.75 Å². The van der Waals surface area contributed by atoms with Crippen LogP contribution in [-0.2, 0) is 19.6 Å². The summed E-state index contributed by atoms with van der Waals surface area (Å²) in [6.45, 7) is 0.504. The van der Waals surface area contributed by atoms with Gasteiger partial charge < -0.3 is 14.4 Å². The molecule has 1 aliphatic rings. The SMILES string of the molecule is COC(=O)c1cc(N2CCCC2=O)cc(N(c2ccc(OC)cc2)S(C)(=O)=O)c1. The number of hydrogen-bond donors (Lipinski definition) is 0. The lowest BCUT2D eigenvalue weighted by Crippen LogP contribution is -2.27. The van der Waals surface area contributed by atoms with Gasteiger partial charge in [-0.25, -0.2) is 17.5 Å². The Labute approximate surface area is 169 Å². The van der Waals surface area contributed by atoms with Crippen molar-refractivity contribution in [1.82, 2.24) is 0 Å². The smallest absolute Gasteiger partial charge is 0.337 e. The molecule has 0 aromatic heterocycles. The molecule has 3 rings (SSSR count). The molecule has 0 unspecified atom stereocenters. The van der Waals surface area contributed by atoms with E-state index in [-0.39, 0.29) is 17.2 Å². The number of ether oxygens (including phenoxy) is 2. The largest absolute Gasteiger partial charge is 0.497 e. The number of carbonyl (C=O) groups is 2. The maximum Gasteiger partial charge on any atom is 0.337 e. The highest BCUT2D eigenvalue weighted by Crippen LogP contribution is 2.35. The molecule has 8 nitrogen and oxygen atoms in total. The van der Waals surface area contributed by atoms with Crippen LogP contribution in [0.4, 0.5) is 17.1 Å². The first-order chi connectivity index (χ1) is 13.7. The summed E-state index contributed by atoms with van der Waals surface area (Å²) in [6.07, 6.45) is 2.18. The molecule has 1 amide bonds. The van der Waals surface area contributed by atoms with E-state index in [1.54, 1.807) is 35.2 Å². The Morgan fingerprint density at radius 1 is 1.07 bits per heavy atom. The van der Waals surface area contributed by atoms with Crippen molar-refractivity contribution in [1.29, 1.82) is 0 Å². The van der Waals surface area contributed by atoms with Crippen molar-refractivity contribution in [2.24, 2.45) is 0 Å². The first-order valence-electron chi connectivity index (χ1n) is 8.92. The number of nitrogens with zero attached hydrogens (tertiary/aromatic N) is 2. The van der Waals surface area contributed by atoms with Crippen molar-refractivity contribution in [2.75, 3.05) is 36.2 Å². The minimum absolute atomic E-state index is 0.0756. The van der Waals surface area contributed by atoms with E-state index in [1.165, 1.54) is 26.4 Å². The Balaban J connectivity index is 2.18. The highest BCUT2D eigenvalue weighted by molar-refractivity contribution is 7.92. The molecule has 1 heterocycles. The topological polar surface area (TPSA) is 93.2 Å². The van der Waals surface area contributed by atoms with Crippen LogP contribution in [0.5, 0.6) is 5.75 Å². The average molecular weight is 418 g/mol. The molecule has 0 atom stereocenters. The van der Waals surface area contributed by atoms with E-state index in [4.69, 9.17) is 9.47 Å². The number of esters is 1. The van der Waals surface area contributed by atoms with Gasteiger partial charge in [-0.3, -0.25) is 4.79 Å². The number of sulfonamides is 1. The van der Waals surface area contributed by atoms with Gasteiger partial charge in [-0.1, -0.05) is 0 Å². The summed E-state index contributed by atoms with van der Waals surface area (Å²) in [6, 6.07) is 11.0. The monoisotopic (exact) mass is 418 g/mol. The third-order valence-corrected chi connectivity index (χ3v) is 5.67. The second-order valence-corrected chi connectivity index (χ2v) is 8.44. The van der Waals surface area contributed by atoms with Crippen molar-refractivity contribution in [2.45, 2.75) is 12.8 Å². The van der Waals surface area contributed by atoms with Gasteiger partial charge in [0.05, 0.1) is 37.4 Å². The fraction of sp³-hybridized carbons (Fsp3) is 0.300. The van der Waals surface area contributed by atoms with Crippen LogP contribution < -0.4 is 13.9 Å². The molecule has 1 saturated heterocycles. The predicted molar refractivity (Wildman–Crippen MR) is 109 cm³/mol. The molecule has 0 bridgehead atoms. The number of carbonyl (C=O) groups excluding carboxylic acids is 2. The summed E-state index contributed by atoms with van der Waals surface area (Å²) < 4.78 is 36.3.